The van der Waals surface area contributed by atoms with Gasteiger partial charge in [-0.05, 0) is 0 Å². The third-order valence-electron chi connectivity index (χ3n) is 2.07. The standard InChI is InChI=1S/C10H13.C3H6O2.Na/c1-9(2)8-10-6-4-3-5-7-10;1-2-3(4)5;/h4-7,9H,8H2,1-2H3;2H2,1H3,(H,4,5);. The van der Waals surface area contributed by atoms with Gasteiger partial charge in [-0.15, -0.1) is 0 Å². The molecule has 1 aromatic rings. The Balaban J connectivity index is 0.000000385. The Labute approximate surface area is 115 Å². The second-order valence-corrected chi connectivity index (χ2v) is 5.49. The molecule has 0 radical (unpaired) electrons. The van der Waals surface area contributed by atoms with Crippen LogP contribution in [0, 0.1) is 5.92 Å². The average molecular weight is 230 g/mol. The molecule has 0 aromatic heterocycles. The van der Waals surface area contributed by atoms with Crippen molar-refractivity contribution in [3.8, 4) is 0 Å². The molecule has 0 unspecified atom stereocenters. The van der Waals surface area contributed by atoms with Crippen molar-refractivity contribution in [1.29, 1.82) is 0 Å². The molecule has 0 aliphatic rings. The maximum Gasteiger partial charge on any atom is 0.303 e. The summed E-state index contributed by atoms with van der Waals surface area (Å²) in [5.74, 6) is 0.0277. The summed E-state index contributed by atoms with van der Waals surface area (Å²) >= 11 is 1.17. The van der Waals surface area contributed by atoms with Crippen LogP contribution in [-0.4, -0.2) is 39.0 Å². The number of aliphatic carboxylic acids is 1. The van der Waals surface area contributed by atoms with E-state index in [-0.39, 0.29) is 6.42 Å². The van der Waals surface area contributed by atoms with Crippen molar-refractivity contribution in [2.45, 2.75) is 33.6 Å². The van der Waals surface area contributed by atoms with Gasteiger partial charge in [-0.25, -0.2) is 0 Å². The summed E-state index contributed by atoms with van der Waals surface area (Å²) in [6.07, 6.45) is 1.43. The van der Waals surface area contributed by atoms with Gasteiger partial charge in [-0.1, -0.05) is 6.92 Å². The molecule has 0 heterocycles. The van der Waals surface area contributed by atoms with Gasteiger partial charge in [-0.2, -0.15) is 0 Å². The molecule has 0 fully saturated rings. The normalized spacial score (nSPS) is 9.62. The summed E-state index contributed by atoms with van der Waals surface area (Å²) in [7, 11) is 0. The van der Waals surface area contributed by atoms with Crippen LogP contribution in [0.5, 0.6) is 0 Å². The molecule has 0 saturated heterocycles. The molecule has 0 spiro atoms. The first-order valence-electron chi connectivity index (χ1n) is 5.73. The number of carboxylic acids is 1. The van der Waals surface area contributed by atoms with Crippen LogP contribution in [0.25, 0.3) is 0 Å². The summed E-state index contributed by atoms with van der Waals surface area (Å²) in [5.41, 5.74) is 1.47. The van der Waals surface area contributed by atoms with E-state index in [0.717, 1.165) is 5.92 Å². The van der Waals surface area contributed by atoms with E-state index in [4.69, 9.17) is 5.11 Å². The van der Waals surface area contributed by atoms with Gasteiger partial charge in [0.05, 0.1) is 0 Å². The first-order valence-corrected chi connectivity index (χ1v) is 6.73. The Morgan fingerprint density at radius 3 is 2.06 bits per heavy atom. The summed E-state index contributed by atoms with van der Waals surface area (Å²) in [6.45, 7) is 6.12. The van der Waals surface area contributed by atoms with Gasteiger partial charge in [0.25, 0.3) is 0 Å². The molecular weight excluding hydrogens is 211 g/mol. The molecule has 1 rings (SSSR count). The second kappa shape index (κ2) is 8.80. The second-order valence-electron chi connectivity index (χ2n) is 4.33. The molecule has 0 aliphatic heterocycles. The molecule has 16 heavy (non-hydrogen) atoms. The Morgan fingerprint density at radius 1 is 1.31 bits per heavy atom. The Kier molecular flexibility index (Phi) is 8.63. The monoisotopic (exact) mass is 230 g/mol. The van der Waals surface area contributed by atoms with Crippen LogP contribution < -0.4 is 2.81 Å². The molecule has 1 N–H and O–H groups in total. The first kappa shape index (κ1) is 15.7. The van der Waals surface area contributed by atoms with Crippen molar-refractivity contribution in [2.24, 2.45) is 5.92 Å². The van der Waals surface area contributed by atoms with Crippen molar-refractivity contribution >= 4 is 36.7 Å². The number of carboxylic acid groups (broad SMARTS) is 1. The number of rotatable bonds is 3. The molecule has 2 nitrogen and oxygen atoms in total. The van der Waals surface area contributed by atoms with E-state index in [2.05, 4.69) is 38.1 Å². The number of benzene rings is 1. The quantitative estimate of drug-likeness (QED) is 0.808. The number of hydrogen-bond donors (Lipinski definition) is 1. The van der Waals surface area contributed by atoms with Crippen LogP contribution in [0.4, 0.5) is 0 Å². The molecule has 0 amide bonds. The van der Waals surface area contributed by atoms with E-state index in [9.17, 15) is 4.79 Å². The Bertz CT molecular complexity index is 304. The van der Waals surface area contributed by atoms with Crippen LogP contribution in [0.3, 0.4) is 0 Å². The van der Waals surface area contributed by atoms with E-state index in [1.807, 2.05) is 0 Å². The first-order chi connectivity index (χ1) is 7.45. The van der Waals surface area contributed by atoms with Crippen LogP contribution >= 0.6 is 0 Å². The van der Waals surface area contributed by atoms with E-state index in [1.54, 1.807) is 6.92 Å². The Morgan fingerprint density at radius 2 is 1.75 bits per heavy atom. The van der Waals surface area contributed by atoms with Gasteiger partial charge in [0.2, 0.25) is 0 Å². The van der Waals surface area contributed by atoms with Crippen LogP contribution in [0.1, 0.15) is 32.8 Å². The van der Waals surface area contributed by atoms with E-state index in [1.165, 1.54) is 42.7 Å². The van der Waals surface area contributed by atoms with Crippen molar-refractivity contribution in [2.75, 3.05) is 0 Å². The predicted molar refractivity (Wildman–Crippen MR) is 68.3 cm³/mol. The fourth-order valence-electron chi connectivity index (χ4n) is 1.20. The Hall–Kier alpha value is -0.310. The van der Waals surface area contributed by atoms with E-state index < -0.39 is 5.97 Å². The number of carbonyl (C=O) groups is 1. The van der Waals surface area contributed by atoms with Gasteiger partial charge in [0, 0.05) is 6.42 Å². The molecule has 0 saturated carbocycles. The largest absolute Gasteiger partial charge is 0.481 e. The minimum Gasteiger partial charge on any atom is -0.481 e. The van der Waals surface area contributed by atoms with Crippen molar-refractivity contribution in [3.63, 3.8) is 0 Å². The molecular formula is C13H19NaO2. The predicted octanol–water partition coefficient (Wildman–Crippen LogP) is 2.16. The SMILES string of the molecule is CC(C)Cc1cc[c]([Na])cc1.CCC(=O)O. The zero-order valence-corrected chi connectivity index (χ0v) is 12.7. The van der Waals surface area contributed by atoms with Crippen molar-refractivity contribution in [3.05, 3.63) is 29.8 Å². The summed E-state index contributed by atoms with van der Waals surface area (Å²) < 4.78 is 1.48. The zero-order chi connectivity index (χ0) is 12.6. The average Bonchev–Trinajstić information content (AvgIpc) is 2.22. The van der Waals surface area contributed by atoms with Gasteiger partial charge >= 0.3 is 92.7 Å². The summed E-state index contributed by atoms with van der Waals surface area (Å²) in [5, 5.41) is 7.72. The van der Waals surface area contributed by atoms with Crippen LogP contribution in [-0.2, 0) is 11.2 Å². The van der Waals surface area contributed by atoms with E-state index in [0.29, 0.717) is 0 Å². The summed E-state index contributed by atoms with van der Waals surface area (Å²) in [6, 6.07) is 8.98. The molecule has 0 atom stereocenters. The smallest absolute Gasteiger partial charge is 0.303 e. The van der Waals surface area contributed by atoms with Crippen LogP contribution in [0.2, 0.25) is 0 Å². The molecule has 3 heteroatoms. The minimum absolute atomic E-state index is 0.222. The van der Waals surface area contributed by atoms with Crippen molar-refractivity contribution in [1.82, 2.24) is 0 Å². The third kappa shape index (κ3) is 8.96. The topological polar surface area (TPSA) is 37.3 Å². The van der Waals surface area contributed by atoms with E-state index >= 15 is 0 Å². The van der Waals surface area contributed by atoms with Crippen molar-refractivity contribution < 1.29 is 9.90 Å². The van der Waals surface area contributed by atoms with Gasteiger partial charge in [0.1, 0.15) is 0 Å². The molecule has 0 bridgehead atoms. The van der Waals surface area contributed by atoms with Gasteiger partial charge in [0.15, 0.2) is 0 Å². The summed E-state index contributed by atoms with van der Waals surface area (Å²) in [4.78, 5) is 9.37. The third-order valence-corrected chi connectivity index (χ3v) is 2.73. The molecule has 0 aliphatic carbocycles. The maximum absolute atomic E-state index is 9.37. The minimum atomic E-state index is -0.745. The maximum atomic E-state index is 9.37. The number of hydrogen-bond acceptors (Lipinski definition) is 1. The fraction of sp³-hybridized carbons (Fsp3) is 0.462. The molecule has 84 valence electrons. The molecule has 1 aromatic carbocycles. The fourth-order valence-corrected chi connectivity index (χ4v) is 1.53. The zero-order valence-electron chi connectivity index (χ0n) is 10.7. The van der Waals surface area contributed by atoms with Gasteiger partial charge in [-0.3, -0.25) is 4.79 Å². The van der Waals surface area contributed by atoms with Gasteiger partial charge < -0.3 is 5.11 Å². The van der Waals surface area contributed by atoms with Crippen LogP contribution in [0.15, 0.2) is 24.3 Å².